The average molecular weight is 391 g/mol. The van der Waals surface area contributed by atoms with Crippen molar-refractivity contribution in [2.75, 3.05) is 19.8 Å². The van der Waals surface area contributed by atoms with Gasteiger partial charge in [0.1, 0.15) is 19.8 Å². The Balaban J connectivity index is 0. The summed E-state index contributed by atoms with van der Waals surface area (Å²) in [7, 11) is 0. The molecule has 26 heavy (non-hydrogen) atoms. The number of hydrogen-bond acceptors (Lipinski definition) is 0. The summed E-state index contributed by atoms with van der Waals surface area (Å²) in [5.41, 5.74) is 0. The lowest BCUT2D eigenvalue weighted by Crippen LogP contribution is -3.00. The van der Waals surface area contributed by atoms with Gasteiger partial charge in [-0.1, -0.05) is 97.8 Å². The largest absolute Gasteiger partial charge is 1.00 e. The quantitative estimate of drug-likeness (QED) is 0.176. The molecule has 0 aliphatic carbocycles. The van der Waals surface area contributed by atoms with Crippen molar-refractivity contribution in [2.24, 2.45) is 0 Å². The topological polar surface area (TPSA) is 2.70 Å². The fraction of sp³-hybridized carbons (Fsp3) is 1.00. The maximum Gasteiger partial charge on any atom is 0.145 e. The predicted molar refractivity (Wildman–Crippen MR) is 116 cm³/mol. The van der Waals surface area contributed by atoms with Crippen molar-refractivity contribution in [3.8, 4) is 0 Å². The summed E-state index contributed by atoms with van der Waals surface area (Å²) in [5.74, 6) is 0. The first-order valence-corrected chi connectivity index (χ1v) is 12.0. The van der Waals surface area contributed by atoms with Crippen LogP contribution in [-0.2, 0) is 4.37 Å². The molecule has 0 aromatic heterocycles. The van der Waals surface area contributed by atoms with Crippen molar-refractivity contribution in [3.05, 3.63) is 0 Å². The Bertz CT molecular complexity index is 224. The molecule has 0 radical (unpaired) electrons. The minimum absolute atomic E-state index is 0. The SMILES string of the molecule is CCCCCCCCCCCCCCCC[O+](CCCC)CCCC.[Cl-]. The highest BCUT2D eigenvalue weighted by molar-refractivity contribution is 4.51. The summed E-state index contributed by atoms with van der Waals surface area (Å²) < 4.78 is 3.55. The summed E-state index contributed by atoms with van der Waals surface area (Å²) in [5, 5.41) is 0. The van der Waals surface area contributed by atoms with Gasteiger partial charge in [-0.3, -0.25) is 0 Å². The average Bonchev–Trinajstić information content (AvgIpc) is 2.63. The lowest BCUT2D eigenvalue weighted by molar-refractivity contribution is -0.143. The molecule has 0 aromatic rings. The van der Waals surface area contributed by atoms with Gasteiger partial charge in [-0.05, 0) is 19.3 Å². The molecule has 0 N–H and O–H groups in total. The minimum atomic E-state index is 0. The third-order valence-electron chi connectivity index (χ3n) is 5.36. The highest BCUT2D eigenvalue weighted by atomic mass is 35.5. The van der Waals surface area contributed by atoms with Crippen LogP contribution < -0.4 is 12.4 Å². The Hall–Kier alpha value is 0.250. The molecule has 0 aliphatic heterocycles. The third kappa shape index (κ3) is 22.3. The van der Waals surface area contributed by atoms with E-state index < -0.39 is 0 Å². The van der Waals surface area contributed by atoms with E-state index in [2.05, 4.69) is 25.1 Å². The fourth-order valence-electron chi connectivity index (χ4n) is 3.50. The molecule has 0 atom stereocenters. The first-order chi connectivity index (χ1) is 12.3. The summed E-state index contributed by atoms with van der Waals surface area (Å²) in [6.45, 7) is 10.6. The molecule has 0 aromatic carbocycles. The predicted octanol–water partition coefficient (Wildman–Crippen LogP) is 5.62. The van der Waals surface area contributed by atoms with Crippen LogP contribution in [-0.4, -0.2) is 19.8 Å². The molecule has 0 saturated heterocycles. The van der Waals surface area contributed by atoms with Crippen LogP contribution in [0.1, 0.15) is 136 Å². The summed E-state index contributed by atoms with van der Waals surface area (Å²) in [6.07, 6.45) is 25.6. The lowest BCUT2D eigenvalue weighted by atomic mass is 10.0. The van der Waals surface area contributed by atoms with Crippen molar-refractivity contribution >= 4 is 0 Å². The van der Waals surface area contributed by atoms with E-state index in [0.29, 0.717) is 0 Å². The zero-order chi connectivity index (χ0) is 18.4. The Morgan fingerprint density at radius 3 is 0.962 bits per heavy atom. The fourth-order valence-corrected chi connectivity index (χ4v) is 3.50. The van der Waals surface area contributed by atoms with Crippen LogP contribution in [0.3, 0.4) is 0 Å². The van der Waals surface area contributed by atoms with E-state index in [4.69, 9.17) is 0 Å². The maximum atomic E-state index is 3.55. The smallest absolute Gasteiger partial charge is 0.145 e. The molecule has 0 amide bonds. The van der Waals surface area contributed by atoms with Gasteiger partial charge in [-0.15, -0.1) is 0 Å². The van der Waals surface area contributed by atoms with Crippen LogP contribution in [0, 0.1) is 0 Å². The molecule has 0 rings (SSSR count). The molecule has 160 valence electrons. The first kappa shape index (κ1) is 28.5. The normalized spacial score (nSPS) is 11.1. The van der Waals surface area contributed by atoms with E-state index in [0.717, 1.165) is 0 Å². The number of unbranched alkanes of at least 4 members (excludes halogenated alkanes) is 15. The standard InChI is InChI=1S/C24H51O.ClH/c1-4-7-10-11-12-13-14-15-16-17-18-19-20-21-24-25(22-8-5-2)23-9-6-3;/h4-24H2,1-3H3;1H/q+1;/p-1. The summed E-state index contributed by atoms with van der Waals surface area (Å²) in [4.78, 5) is 0. The molecular formula is C24H51ClO. The molecule has 0 unspecified atom stereocenters. The van der Waals surface area contributed by atoms with E-state index in [1.807, 2.05) is 0 Å². The van der Waals surface area contributed by atoms with Gasteiger partial charge >= 0.3 is 0 Å². The first-order valence-electron chi connectivity index (χ1n) is 12.0. The van der Waals surface area contributed by atoms with Gasteiger partial charge in [0.05, 0.1) is 0 Å². The molecule has 0 spiro atoms. The van der Waals surface area contributed by atoms with Gasteiger partial charge in [0, 0.05) is 19.3 Å². The molecule has 0 fully saturated rings. The van der Waals surface area contributed by atoms with Gasteiger partial charge in [0.25, 0.3) is 0 Å². The Labute approximate surface area is 173 Å². The number of hydrogen-bond donors (Lipinski definition) is 0. The lowest BCUT2D eigenvalue weighted by Gasteiger charge is -2.19. The summed E-state index contributed by atoms with van der Waals surface area (Å²) in [6, 6.07) is 0. The number of halogens is 1. The highest BCUT2D eigenvalue weighted by Gasteiger charge is 2.08. The summed E-state index contributed by atoms with van der Waals surface area (Å²) >= 11 is 0. The molecule has 0 aliphatic rings. The third-order valence-corrected chi connectivity index (χ3v) is 5.36. The van der Waals surface area contributed by atoms with Crippen LogP contribution in [0.2, 0.25) is 0 Å². The van der Waals surface area contributed by atoms with Crippen LogP contribution in [0.15, 0.2) is 0 Å². The van der Waals surface area contributed by atoms with Crippen LogP contribution in [0.5, 0.6) is 0 Å². The second-order valence-corrected chi connectivity index (χ2v) is 8.03. The van der Waals surface area contributed by atoms with E-state index in [9.17, 15) is 0 Å². The van der Waals surface area contributed by atoms with E-state index in [-0.39, 0.29) is 12.4 Å². The van der Waals surface area contributed by atoms with Crippen molar-refractivity contribution in [1.82, 2.24) is 0 Å². The van der Waals surface area contributed by atoms with Crippen molar-refractivity contribution in [1.29, 1.82) is 0 Å². The molecule has 2 heteroatoms. The van der Waals surface area contributed by atoms with Gasteiger partial charge in [-0.2, -0.15) is 0 Å². The molecule has 1 nitrogen and oxygen atoms in total. The van der Waals surface area contributed by atoms with E-state index in [1.165, 1.54) is 135 Å². The van der Waals surface area contributed by atoms with Crippen molar-refractivity contribution < 1.29 is 16.8 Å². The van der Waals surface area contributed by atoms with E-state index >= 15 is 0 Å². The molecule has 0 saturated carbocycles. The Morgan fingerprint density at radius 1 is 0.346 bits per heavy atom. The monoisotopic (exact) mass is 390 g/mol. The van der Waals surface area contributed by atoms with E-state index in [1.54, 1.807) is 0 Å². The zero-order valence-electron chi connectivity index (χ0n) is 18.6. The van der Waals surface area contributed by atoms with Gasteiger partial charge < -0.3 is 16.8 Å². The van der Waals surface area contributed by atoms with Gasteiger partial charge in [0.2, 0.25) is 0 Å². The Kier molecular flexibility index (Phi) is 27.6. The Morgan fingerprint density at radius 2 is 0.615 bits per heavy atom. The number of rotatable bonds is 21. The minimum Gasteiger partial charge on any atom is -1.00 e. The van der Waals surface area contributed by atoms with Crippen LogP contribution in [0.25, 0.3) is 0 Å². The van der Waals surface area contributed by atoms with Crippen LogP contribution in [0.4, 0.5) is 0 Å². The zero-order valence-corrected chi connectivity index (χ0v) is 19.4. The molecule has 0 heterocycles. The van der Waals surface area contributed by atoms with Gasteiger partial charge in [0.15, 0.2) is 0 Å². The second kappa shape index (κ2) is 25.2. The molecule has 0 bridgehead atoms. The maximum absolute atomic E-state index is 3.55. The van der Waals surface area contributed by atoms with Crippen LogP contribution >= 0.6 is 0 Å². The highest BCUT2D eigenvalue weighted by Crippen LogP contribution is 2.14. The van der Waals surface area contributed by atoms with Crippen molar-refractivity contribution in [3.63, 3.8) is 0 Å². The second-order valence-electron chi connectivity index (χ2n) is 8.03. The van der Waals surface area contributed by atoms with Gasteiger partial charge in [-0.25, -0.2) is 0 Å². The van der Waals surface area contributed by atoms with Crippen molar-refractivity contribution in [2.45, 2.75) is 136 Å². The molecular weight excluding hydrogens is 340 g/mol.